The fourth-order valence-corrected chi connectivity index (χ4v) is 4.92. The van der Waals surface area contributed by atoms with Gasteiger partial charge < -0.3 is 15.0 Å². The minimum Gasteiger partial charge on any atom is -0.495 e. The number of hydrogen-bond donors (Lipinski definition) is 1. The van der Waals surface area contributed by atoms with Crippen LogP contribution >= 0.6 is 35.4 Å². The molecule has 1 aliphatic rings. The van der Waals surface area contributed by atoms with Crippen LogP contribution in [0.15, 0.2) is 72.8 Å². The van der Waals surface area contributed by atoms with Crippen LogP contribution in [-0.4, -0.2) is 41.5 Å². The Morgan fingerprint density at radius 1 is 1.03 bits per heavy atom. The zero-order chi connectivity index (χ0) is 24.9. The number of rotatable bonds is 7. The largest absolute Gasteiger partial charge is 0.495 e. The predicted molar refractivity (Wildman–Crippen MR) is 143 cm³/mol. The molecule has 3 aromatic carbocycles. The van der Waals surface area contributed by atoms with Gasteiger partial charge in [-0.1, -0.05) is 71.7 Å². The SMILES string of the molecule is COc1ccccc1NC(=S)N(CCc1ccccc1)[C@@H]1CC(=O)N(c2c(Cl)cccc2Cl)C1=O. The number of hydrogen-bond acceptors (Lipinski definition) is 4. The number of thiocarbonyl (C=S) groups is 1. The van der Waals surface area contributed by atoms with E-state index in [1.165, 1.54) is 0 Å². The second kappa shape index (κ2) is 11.1. The second-order valence-electron chi connectivity index (χ2n) is 7.92. The molecule has 0 saturated carbocycles. The van der Waals surface area contributed by atoms with Crippen LogP contribution in [0.1, 0.15) is 12.0 Å². The summed E-state index contributed by atoms with van der Waals surface area (Å²) in [6, 6.07) is 21.3. The average molecular weight is 528 g/mol. The molecule has 0 unspecified atom stereocenters. The van der Waals surface area contributed by atoms with E-state index in [4.69, 9.17) is 40.2 Å². The van der Waals surface area contributed by atoms with Crippen LogP contribution in [0.2, 0.25) is 10.0 Å². The van der Waals surface area contributed by atoms with E-state index in [1.807, 2.05) is 54.6 Å². The van der Waals surface area contributed by atoms with Gasteiger partial charge in [0, 0.05) is 6.54 Å². The van der Waals surface area contributed by atoms with Crippen LogP contribution < -0.4 is 15.0 Å². The third-order valence-corrected chi connectivity index (χ3v) is 6.70. The molecule has 2 amide bonds. The summed E-state index contributed by atoms with van der Waals surface area (Å²) in [7, 11) is 1.57. The smallest absolute Gasteiger partial charge is 0.257 e. The summed E-state index contributed by atoms with van der Waals surface area (Å²) in [4.78, 5) is 29.4. The molecule has 0 radical (unpaired) electrons. The lowest BCUT2D eigenvalue weighted by atomic mass is 10.1. The summed E-state index contributed by atoms with van der Waals surface area (Å²) in [5, 5.41) is 3.95. The van der Waals surface area contributed by atoms with Crippen molar-refractivity contribution in [3.63, 3.8) is 0 Å². The van der Waals surface area contributed by atoms with E-state index in [0.717, 1.165) is 10.5 Å². The summed E-state index contributed by atoms with van der Waals surface area (Å²) in [6.07, 6.45) is 0.572. The first-order chi connectivity index (χ1) is 16.9. The number of nitrogens with zero attached hydrogens (tertiary/aromatic N) is 2. The standard InChI is InChI=1S/C26H23Cl2N3O3S/c1-34-22-13-6-5-12-20(22)29-26(35)30(15-14-17-8-3-2-4-9-17)21-16-23(32)31(25(21)33)24-18(27)10-7-11-19(24)28/h2-13,21H,14-16H2,1H3,(H,29,35)/t21-/m1/s1. The number of amides is 2. The van der Waals surface area contributed by atoms with Gasteiger partial charge in [-0.05, 0) is 48.5 Å². The van der Waals surface area contributed by atoms with E-state index in [1.54, 1.807) is 30.2 Å². The van der Waals surface area contributed by atoms with Gasteiger partial charge in [0.2, 0.25) is 5.91 Å². The Balaban J connectivity index is 1.64. The minimum absolute atomic E-state index is 0.0527. The fourth-order valence-electron chi connectivity index (χ4n) is 4.03. The summed E-state index contributed by atoms with van der Waals surface area (Å²) in [6.45, 7) is 0.415. The first-order valence-corrected chi connectivity index (χ1v) is 12.1. The molecule has 0 aromatic heterocycles. The first-order valence-electron chi connectivity index (χ1n) is 11.0. The number of carbonyl (C=O) groups is 2. The molecule has 1 saturated heterocycles. The number of benzene rings is 3. The molecule has 0 spiro atoms. The second-order valence-corrected chi connectivity index (χ2v) is 9.12. The number of carbonyl (C=O) groups excluding carboxylic acids is 2. The lowest BCUT2D eigenvalue weighted by Gasteiger charge is -2.30. The first kappa shape index (κ1) is 25.0. The average Bonchev–Trinajstić information content (AvgIpc) is 3.14. The summed E-state index contributed by atoms with van der Waals surface area (Å²) in [5.74, 6) is -0.210. The third kappa shape index (κ3) is 5.42. The van der Waals surface area contributed by atoms with Gasteiger partial charge in [-0.15, -0.1) is 0 Å². The van der Waals surface area contributed by atoms with Gasteiger partial charge in [0.1, 0.15) is 11.8 Å². The van der Waals surface area contributed by atoms with Gasteiger partial charge in [0.15, 0.2) is 5.11 Å². The number of imide groups is 1. The van der Waals surface area contributed by atoms with Crippen LogP contribution in [0.25, 0.3) is 0 Å². The quantitative estimate of drug-likeness (QED) is 0.320. The zero-order valence-electron chi connectivity index (χ0n) is 18.9. The Labute approximate surface area is 219 Å². The van der Waals surface area contributed by atoms with Crippen LogP contribution in [0.3, 0.4) is 0 Å². The molecular weight excluding hydrogens is 505 g/mol. The number of ether oxygens (including phenoxy) is 1. The number of nitrogens with one attached hydrogen (secondary N) is 1. The summed E-state index contributed by atoms with van der Waals surface area (Å²) in [5.41, 5.74) is 1.94. The Hall–Kier alpha value is -3.13. The number of methoxy groups -OCH3 is 1. The highest BCUT2D eigenvalue weighted by atomic mass is 35.5. The van der Waals surface area contributed by atoms with Crippen molar-refractivity contribution in [1.82, 2.24) is 4.90 Å². The van der Waals surface area contributed by atoms with E-state index >= 15 is 0 Å². The molecule has 1 aliphatic heterocycles. The maximum atomic E-state index is 13.6. The van der Waals surface area contributed by atoms with Crippen LogP contribution in [0.5, 0.6) is 5.75 Å². The maximum absolute atomic E-state index is 13.6. The van der Waals surface area contributed by atoms with Gasteiger partial charge >= 0.3 is 0 Å². The topological polar surface area (TPSA) is 61.9 Å². The van der Waals surface area contributed by atoms with Crippen molar-refractivity contribution in [3.8, 4) is 5.75 Å². The minimum atomic E-state index is -0.812. The lowest BCUT2D eigenvalue weighted by Crippen LogP contribution is -2.48. The van der Waals surface area contributed by atoms with Crippen molar-refractivity contribution in [2.45, 2.75) is 18.9 Å². The molecule has 4 rings (SSSR count). The molecule has 9 heteroatoms. The highest BCUT2D eigenvalue weighted by Crippen LogP contribution is 2.37. The van der Waals surface area contributed by atoms with E-state index in [0.29, 0.717) is 29.5 Å². The van der Waals surface area contributed by atoms with Crippen molar-refractivity contribution >= 4 is 63.7 Å². The lowest BCUT2D eigenvalue weighted by molar-refractivity contribution is -0.122. The third-order valence-electron chi connectivity index (χ3n) is 5.75. The van der Waals surface area contributed by atoms with Crippen molar-refractivity contribution in [3.05, 3.63) is 88.4 Å². The molecule has 1 fully saturated rings. The molecule has 3 aromatic rings. The summed E-state index contributed by atoms with van der Waals surface area (Å²) < 4.78 is 5.42. The van der Waals surface area contributed by atoms with Gasteiger partial charge in [-0.2, -0.15) is 0 Å². The van der Waals surface area contributed by atoms with Crippen LogP contribution in [0.4, 0.5) is 11.4 Å². The van der Waals surface area contributed by atoms with Crippen molar-refractivity contribution in [2.75, 3.05) is 23.9 Å². The molecule has 6 nitrogen and oxygen atoms in total. The molecule has 1 atom stereocenters. The Bertz CT molecular complexity index is 1240. The number of halogens is 2. The zero-order valence-corrected chi connectivity index (χ0v) is 21.2. The molecular formula is C26H23Cl2N3O3S. The van der Waals surface area contributed by atoms with Crippen LogP contribution in [0, 0.1) is 0 Å². The van der Waals surface area contributed by atoms with E-state index in [2.05, 4.69) is 5.32 Å². The molecule has 180 valence electrons. The van der Waals surface area contributed by atoms with Gasteiger partial charge in [0.25, 0.3) is 5.91 Å². The fraction of sp³-hybridized carbons (Fsp3) is 0.192. The Morgan fingerprint density at radius 2 is 1.69 bits per heavy atom. The van der Waals surface area contributed by atoms with Crippen molar-refractivity contribution in [1.29, 1.82) is 0 Å². The highest BCUT2D eigenvalue weighted by Gasteiger charge is 2.45. The highest BCUT2D eigenvalue weighted by molar-refractivity contribution is 7.80. The van der Waals surface area contributed by atoms with E-state index < -0.39 is 11.9 Å². The molecule has 1 heterocycles. The molecule has 35 heavy (non-hydrogen) atoms. The molecule has 0 bridgehead atoms. The van der Waals surface area contributed by atoms with Gasteiger partial charge in [-0.25, -0.2) is 4.90 Å². The van der Waals surface area contributed by atoms with E-state index in [9.17, 15) is 9.59 Å². The molecule has 0 aliphatic carbocycles. The predicted octanol–water partition coefficient (Wildman–Crippen LogP) is 5.58. The monoisotopic (exact) mass is 527 g/mol. The van der Waals surface area contributed by atoms with Gasteiger partial charge in [-0.3, -0.25) is 9.59 Å². The molecule has 1 N–H and O–H groups in total. The Morgan fingerprint density at radius 3 is 2.37 bits per heavy atom. The summed E-state index contributed by atoms with van der Waals surface area (Å²) >= 11 is 18.4. The van der Waals surface area contributed by atoms with Crippen molar-refractivity contribution < 1.29 is 14.3 Å². The van der Waals surface area contributed by atoms with E-state index in [-0.39, 0.29) is 28.1 Å². The maximum Gasteiger partial charge on any atom is 0.257 e. The Kier molecular flexibility index (Phi) is 7.90. The number of para-hydroxylation sites is 3. The number of anilines is 2. The van der Waals surface area contributed by atoms with Crippen molar-refractivity contribution in [2.24, 2.45) is 0 Å². The van der Waals surface area contributed by atoms with Gasteiger partial charge in [0.05, 0.1) is 35.0 Å². The van der Waals surface area contributed by atoms with Crippen LogP contribution in [-0.2, 0) is 16.0 Å². The normalized spacial score (nSPS) is 15.3.